The summed E-state index contributed by atoms with van der Waals surface area (Å²) in [6.45, 7) is 1.68. The lowest BCUT2D eigenvalue weighted by molar-refractivity contribution is -0.297. The molecule has 1 N–H and O–H groups in total. The van der Waals surface area contributed by atoms with Crippen molar-refractivity contribution in [1.82, 2.24) is 5.01 Å². The molecule has 4 nitrogen and oxygen atoms in total. The lowest BCUT2D eigenvalue weighted by atomic mass is 10.0. The number of aryl methyl sites for hydroxylation is 1. The second-order valence-corrected chi connectivity index (χ2v) is 6.03. The number of alkyl halides is 3. The van der Waals surface area contributed by atoms with Gasteiger partial charge < -0.3 is 5.11 Å². The van der Waals surface area contributed by atoms with Crippen LogP contribution >= 0.6 is 0 Å². The monoisotopic (exact) mass is 366 g/mol. The highest BCUT2D eigenvalue weighted by Crippen LogP contribution is 2.42. The normalized spacial score (nSPS) is 20.2. The Morgan fingerprint density at radius 1 is 1.19 bits per heavy atom. The van der Waals surface area contributed by atoms with Gasteiger partial charge in [-0.25, -0.2) is 4.39 Å². The topological polar surface area (TPSA) is 52.9 Å². The van der Waals surface area contributed by atoms with E-state index in [1.807, 2.05) is 0 Å². The first-order valence-corrected chi connectivity index (χ1v) is 7.65. The molecule has 0 saturated heterocycles. The molecular weight excluding hydrogens is 352 g/mol. The minimum atomic E-state index is -5.13. The predicted octanol–water partition coefficient (Wildman–Crippen LogP) is 3.64. The van der Waals surface area contributed by atoms with Gasteiger partial charge in [0.25, 0.3) is 11.6 Å². The molecule has 2 aromatic rings. The van der Waals surface area contributed by atoms with Gasteiger partial charge in [0.05, 0.1) is 12.1 Å². The van der Waals surface area contributed by atoms with Gasteiger partial charge in [0.1, 0.15) is 5.82 Å². The van der Waals surface area contributed by atoms with E-state index in [1.54, 1.807) is 13.0 Å². The number of carbonyl (C=O) groups excluding carboxylic acids is 1. The van der Waals surface area contributed by atoms with Gasteiger partial charge in [-0.05, 0) is 36.8 Å². The molecule has 1 aliphatic heterocycles. The van der Waals surface area contributed by atoms with E-state index in [-0.39, 0.29) is 21.8 Å². The molecule has 0 radical (unpaired) electrons. The van der Waals surface area contributed by atoms with Crippen LogP contribution in [-0.4, -0.2) is 33.6 Å². The third-order valence-corrected chi connectivity index (χ3v) is 4.07. The molecule has 3 rings (SSSR count). The fourth-order valence-corrected chi connectivity index (χ4v) is 2.68. The zero-order valence-electron chi connectivity index (χ0n) is 13.6. The van der Waals surface area contributed by atoms with Gasteiger partial charge in [-0.3, -0.25) is 4.79 Å². The maximum absolute atomic E-state index is 13.5. The lowest BCUT2D eigenvalue weighted by Crippen LogP contribution is -2.56. The van der Waals surface area contributed by atoms with Crippen LogP contribution in [0.15, 0.2) is 53.6 Å². The minimum absolute atomic E-state index is 0.0308. The second kappa shape index (κ2) is 6.21. The minimum Gasteiger partial charge on any atom is -0.362 e. The summed E-state index contributed by atoms with van der Waals surface area (Å²) in [5, 5.41) is 14.0. The van der Waals surface area contributed by atoms with E-state index in [2.05, 4.69) is 5.10 Å². The number of carbonyl (C=O) groups is 1. The standard InChI is InChI=1S/C18H14F4N2O2/c1-11-3-2-4-13(9-11)16(25)24-17(26,18(20,21)22)10-15(23-24)12-5-7-14(19)8-6-12/h2-9,26H,10H2,1H3/t17-/m0/s1. The van der Waals surface area contributed by atoms with Crippen LogP contribution < -0.4 is 0 Å². The predicted molar refractivity (Wildman–Crippen MR) is 85.9 cm³/mol. The molecule has 2 aromatic carbocycles. The maximum Gasteiger partial charge on any atom is 0.438 e. The first-order valence-electron chi connectivity index (χ1n) is 7.65. The number of hydrogen-bond donors (Lipinski definition) is 1. The molecular formula is C18H14F4N2O2. The van der Waals surface area contributed by atoms with Gasteiger partial charge in [0, 0.05) is 5.56 Å². The van der Waals surface area contributed by atoms with Crippen molar-refractivity contribution in [2.24, 2.45) is 5.10 Å². The zero-order chi connectivity index (χ0) is 19.1. The Balaban J connectivity index is 2.05. The van der Waals surface area contributed by atoms with Crippen molar-refractivity contribution < 1.29 is 27.5 Å². The van der Waals surface area contributed by atoms with Crippen LogP contribution in [-0.2, 0) is 0 Å². The summed E-state index contributed by atoms with van der Waals surface area (Å²) in [7, 11) is 0. The molecule has 0 bridgehead atoms. The smallest absolute Gasteiger partial charge is 0.362 e. The Morgan fingerprint density at radius 3 is 2.42 bits per heavy atom. The molecule has 0 spiro atoms. The fourth-order valence-electron chi connectivity index (χ4n) is 2.68. The molecule has 1 heterocycles. The van der Waals surface area contributed by atoms with Crippen molar-refractivity contribution in [3.63, 3.8) is 0 Å². The Labute approximate surface area is 146 Å². The summed E-state index contributed by atoms with van der Waals surface area (Å²) < 4.78 is 53.6. The molecule has 0 unspecified atom stereocenters. The summed E-state index contributed by atoms with van der Waals surface area (Å²) in [5.74, 6) is -1.64. The first-order chi connectivity index (χ1) is 12.1. The SMILES string of the molecule is Cc1cccc(C(=O)N2N=C(c3ccc(F)cc3)C[C@]2(O)C(F)(F)F)c1. The van der Waals surface area contributed by atoms with Crippen LogP contribution in [0.5, 0.6) is 0 Å². The van der Waals surface area contributed by atoms with Gasteiger partial charge in [-0.2, -0.15) is 23.3 Å². The van der Waals surface area contributed by atoms with Gasteiger partial charge in [0.2, 0.25) is 0 Å². The number of rotatable bonds is 2. The molecule has 0 saturated carbocycles. The molecule has 0 aliphatic carbocycles. The van der Waals surface area contributed by atoms with Crippen molar-refractivity contribution >= 4 is 11.6 Å². The Morgan fingerprint density at radius 2 is 1.85 bits per heavy atom. The summed E-state index contributed by atoms with van der Waals surface area (Å²) in [4.78, 5) is 12.6. The fraction of sp³-hybridized carbons (Fsp3) is 0.222. The molecule has 136 valence electrons. The van der Waals surface area contributed by atoms with E-state index < -0.39 is 30.0 Å². The summed E-state index contributed by atoms with van der Waals surface area (Å²) in [6.07, 6.45) is -6.07. The highest BCUT2D eigenvalue weighted by atomic mass is 19.4. The van der Waals surface area contributed by atoms with Crippen LogP contribution in [0.25, 0.3) is 0 Å². The number of hydrazone groups is 1. The second-order valence-electron chi connectivity index (χ2n) is 6.03. The van der Waals surface area contributed by atoms with Gasteiger partial charge >= 0.3 is 6.18 Å². The average Bonchev–Trinajstić information content (AvgIpc) is 2.94. The van der Waals surface area contributed by atoms with Crippen LogP contribution in [0.4, 0.5) is 17.6 Å². The molecule has 8 heteroatoms. The molecule has 0 aromatic heterocycles. The van der Waals surface area contributed by atoms with Crippen LogP contribution in [0.3, 0.4) is 0 Å². The Hall–Kier alpha value is -2.74. The van der Waals surface area contributed by atoms with Gasteiger partial charge in [-0.1, -0.05) is 29.8 Å². The zero-order valence-corrected chi connectivity index (χ0v) is 13.6. The lowest BCUT2D eigenvalue weighted by Gasteiger charge is -2.32. The quantitative estimate of drug-likeness (QED) is 0.825. The summed E-state index contributed by atoms with van der Waals surface area (Å²) in [6, 6.07) is 10.6. The average molecular weight is 366 g/mol. The summed E-state index contributed by atoms with van der Waals surface area (Å²) >= 11 is 0. The number of amides is 1. The van der Waals surface area contributed by atoms with Crippen molar-refractivity contribution in [1.29, 1.82) is 0 Å². The van der Waals surface area contributed by atoms with Crippen molar-refractivity contribution in [2.75, 3.05) is 0 Å². The molecule has 1 aliphatic rings. The number of nitrogens with zero attached hydrogens (tertiary/aromatic N) is 2. The van der Waals surface area contributed by atoms with E-state index in [4.69, 9.17) is 0 Å². The third-order valence-electron chi connectivity index (χ3n) is 4.07. The number of aliphatic hydroxyl groups is 1. The van der Waals surface area contributed by atoms with E-state index in [1.165, 1.54) is 30.3 Å². The van der Waals surface area contributed by atoms with Crippen molar-refractivity contribution in [3.05, 3.63) is 71.0 Å². The first kappa shape index (κ1) is 18.1. The van der Waals surface area contributed by atoms with E-state index in [0.717, 1.165) is 12.1 Å². The third kappa shape index (κ3) is 3.08. The molecule has 0 fully saturated rings. The number of halogens is 4. The number of benzene rings is 2. The Bertz CT molecular complexity index is 878. The van der Waals surface area contributed by atoms with E-state index >= 15 is 0 Å². The van der Waals surface area contributed by atoms with E-state index in [0.29, 0.717) is 5.56 Å². The van der Waals surface area contributed by atoms with Gasteiger partial charge in [0.15, 0.2) is 0 Å². The van der Waals surface area contributed by atoms with E-state index in [9.17, 15) is 27.5 Å². The maximum atomic E-state index is 13.5. The van der Waals surface area contributed by atoms with Crippen LogP contribution in [0, 0.1) is 12.7 Å². The van der Waals surface area contributed by atoms with Crippen molar-refractivity contribution in [3.8, 4) is 0 Å². The Kier molecular flexibility index (Phi) is 4.31. The van der Waals surface area contributed by atoms with Crippen molar-refractivity contribution in [2.45, 2.75) is 25.2 Å². The highest BCUT2D eigenvalue weighted by molar-refractivity contribution is 6.05. The highest BCUT2D eigenvalue weighted by Gasteiger charge is 2.63. The molecule has 26 heavy (non-hydrogen) atoms. The number of hydrogen-bond acceptors (Lipinski definition) is 3. The van der Waals surface area contributed by atoms with Crippen LogP contribution in [0.1, 0.15) is 27.9 Å². The summed E-state index contributed by atoms with van der Waals surface area (Å²) in [5.41, 5.74) is -2.80. The molecule has 1 atom stereocenters. The largest absolute Gasteiger partial charge is 0.438 e. The van der Waals surface area contributed by atoms with Gasteiger partial charge in [-0.15, -0.1) is 0 Å². The molecule has 1 amide bonds. The van der Waals surface area contributed by atoms with Crippen LogP contribution in [0.2, 0.25) is 0 Å².